The van der Waals surface area contributed by atoms with E-state index in [1.54, 1.807) is 42.9 Å². The number of benzene rings is 2. The van der Waals surface area contributed by atoms with E-state index in [1.807, 2.05) is 29.0 Å². The van der Waals surface area contributed by atoms with Crippen molar-refractivity contribution in [2.75, 3.05) is 16.0 Å². The Kier molecular flexibility index (Phi) is 6.60. The van der Waals surface area contributed by atoms with Crippen LogP contribution < -0.4 is 16.0 Å². The number of carbonyl (C=O) groups excluding carboxylic acids is 1. The van der Waals surface area contributed by atoms with E-state index in [0.717, 1.165) is 11.1 Å². The van der Waals surface area contributed by atoms with Gasteiger partial charge in [0.05, 0.1) is 22.5 Å². The van der Waals surface area contributed by atoms with Crippen LogP contribution in [0.5, 0.6) is 0 Å². The van der Waals surface area contributed by atoms with E-state index in [0.29, 0.717) is 47.6 Å². The van der Waals surface area contributed by atoms with Gasteiger partial charge in [-0.15, -0.1) is 0 Å². The average Bonchev–Trinajstić information content (AvgIpc) is 3.29. The molecular weight excluding hydrogens is 502 g/mol. The lowest BCUT2D eigenvalue weighted by Crippen LogP contribution is -2.20. The molecule has 0 fully saturated rings. The number of urea groups is 1. The van der Waals surface area contributed by atoms with Crippen molar-refractivity contribution in [3.63, 3.8) is 0 Å². The van der Waals surface area contributed by atoms with Crippen LogP contribution in [0.4, 0.5) is 45.5 Å². The number of alkyl halides is 3. The van der Waals surface area contributed by atoms with Gasteiger partial charge in [0.15, 0.2) is 0 Å². The molecule has 2 aromatic carbocycles. The van der Waals surface area contributed by atoms with E-state index in [-0.39, 0.29) is 0 Å². The summed E-state index contributed by atoms with van der Waals surface area (Å²) in [4.78, 5) is 25.1. The van der Waals surface area contributed by atoms with Crippen molar-refractivity contribution in [2.45, 2.75) is 12.7 Å². The molecule has 0 atom stereocenters. The molecule has 0 aliphatic heterocycles. The Morgan fingerprint density at radius 1 is 0.868 bits per heavy atom. The van der Waals surface area contributed by atoms with Crippen molar-refractivity contribution in [2.24, 2.45) is 0 Å². The minimum atomic E-state index is -4.67. The van der Waals surface area contributed by atoms with Crippen molar-refractivity contribution in [3.8, 4) is 0 Å². The van der Waals surface area contributed by atoms with Crippen LogP contribution in [0.15, 0.2) is 85.5 Å². The van der Waals surface area contributed by atoms with Gasteiger partial charge in [0.2, 0.25) is 5.95 Å². The molecule has 0 spiro atoms. The van der Waals surface area contributed by atoms with Gasteiger partial charge in [-0.2, -0.15) is 13.2 Å². The summed E-state index contributed by atoms with van der Waals surface area (Å²) in [5.41, 5.74) is 0.492. The molecule has 0 radical (unpaired) electrons. The lowest BCUT2D eigenvalue weighted by atomic mass is 10.2. The third-order valence-electron chi connectivity index (χ3n) is 5.59. The normalized spacial score (nSPS) is 11.4. The predicted molar refractivity (Wildman–Crippen MR) is 135 cm³/mol. The van der Waals surface area contributed by atoms with Gasteiger partial charge in [0, 0.05) is 36.7 Å². The van der Waals surface area contributed by atoms with Gasteiger partial charge in [-0.05, 0) is 60.2 Å². The first-order valence-corrected chi connectivity index (χ1v) is 11.3. The van der Waals surface area contributed by atoms with Crippen LogP contribution in [0.2, 0.25) is 0 Å². The molecule has 8 nitrogen and oxygen atoms in total. The Morgan fingerprint density at radius 2 is 1.66 bits per heavy atom. The summed E-state index contributed by atoms with van der Waals surface area (Å²) in [5.74, 6) is 0.0103. The maximum atomic E-state index is 14.0. The van der Waals surface area contributed by atoms with Gasteiger partial charge in [-0.1, -0.05) is 6.07 Å². The summed E-state index contributed by atoms with van der Waals surface area (Å²) in [6, 6.07) is 13.4. The molecule has 38 heavy (non-hydrogen) atoms. The second-order valence-electron chi connectivity index (χ2n) is 8.20. The highest BCUT2D eigenvalue weighted by Crippen LogP contribution is 2.32. The van der Waals surface area contributed by atoms with E-state index in [1.165, 1.54) is 0 Å². The number of hydrogen-bond donors (Lipinski definition) is 3. The molecule has 5 aromatic rings. The van der Waals surface area contributed by atoms with Crippen LogP contribution in [0.1, 0.15) is 11.1 Å². The minimum absolute atomic E-state index is 0.407. The summed E-state index contributed by atoms with van der Waals surface area (Å²) in [5, 5.41) is 8.47. The number of halogens is 4. The average molecular weight is 521 g/mol. The van der Waals surface area contributed by atoms with Crippen LogP contribution in [-0.2, 0) is 12.7 Å². The van der Waals surface area contributed by atoms with Crippen molar-refractivity contribution in [1.29, 1.82) is 0 Å². The zero-order chi connectivity index (χ0) is 26.7. The molecule has 0 unspecified atom stereocenters. The number of nitrogens with one attached hydrogen (secondary N) is 3. The molecule has 0 aliphatic carbocycles. The maximum absolute atomic E-state index is 14.0. The minimum Gasteiger partial charge on any atom is -0.343 e. The topological polar surface area (TPSA) is 96.8 Å². The third-order valence-corrected chi connectivity index (χ3v) is 5.59. The first kappa shape index (κ1) is 24.7. The Bertz CT molecular complexity index is 1600. The largest absolute Gasteiger partial charge is 0.416 e. The molecule has 3 aromatic heterocycles. The number of nitrogens with zero attached hydrogens (tertiary/aromatic N) is 4. The molecule has 192 valence electrons. The Hall–Kier alpha value is -5.00. The van der Waals surface area contributed by atoms with Crippen molar-refractivity contribution < 1.29 is 22.4 Å². The molecule has 0 saturated carbocycles. The summed E-state index contributed by atoms with van der Waals surface area (Å²) in [7, 11) is 0. The number of carbonyl (C=O) groups is 1. The number of amides is 2. The number of pyridine rings is 1. The van der Waals surface area contributed by atoms with Gasteiger partial charge in [-0.3, -0.25) is 0 Å². The van der Waals surface area contributed by atoms with Crippen LogP contribution >= 0.6 is 0 Å². The lowest BCUT2D eigenvalue weighted by Gasteiger charge is -2.13. The molecule has 0 saturated heterocycles. The number of hydrogen-bond acceptors (Lipinski definition) is 5. The number of fused-ring (bicyclic) bond motifs is 1. The first-order chi connectivity index (χ1) is 18.3. The van der Waals surface area contributed by atoms with Crippen molar-refractivity contribution in [1.82, 2.24) is 19.5 Å². The van der Waals surface area contributed by atoms with Crippen LogP contribution in [0.25, 0.3) is 10.9 Å². The van der Waals surface area contributed by atoms with E-state index in [4.69, 9.17) is 0 Å². The summed E-state index contributed by atoms with van der Waals surface area (Å²) < 4.78 is 54.9. The van der Waals surface area contributed by atoms with Crippen molar-refractivity contribution in [3.05, 3.63) is 102 Å². The number of rotatable bonds is 6. The fourth-order valence-electron chi connectivity index (χ4n) is 3.86. The zero-order valence-electron chi connectivity index (χ0n) is 19.5. The van der Waals surface area contributed by atoms with E-state index < -0.39 is 29.3 Å². The number of anilines is 4. The number of aromatic nitrogens is 4. The van der Waals surface area contributed by atoms with Gasteiger partial charge in [0.1, 0.15) is 11.6 Å². The second-order valence-corrected chi connectivity index (χ2v) is 8.20. The van der Waals surface area contributed by atoms with Crippen LogP contribution in [0.3, 0.4) is 0 Å². The van der Waals surface area contributed by atoms with Crippen LogP contribution in [0, 0.1) is 5.82 Å². The highest BCUT2D eigenvalue weighted by Gasteiger charge is 2.31. The summed E-state index contributed by atoms with van der Waals surface area (Å²) >= 11 is 0. The van der Waals surface area contributed by atoms with Crippen molar-refractivity contribution >= 4 is 40.1 Å². The maximum Gasteiger partial charge on any atom is 0.416 e. The van der Waals surface area contributed by atoms with E-state index in [2.05, 4.69) is 30.9 Å². The zero-order valence-corrected chi connectivity index (χ0v) is 19.5. The van der Waals surface area contributed by atoms with Gasteiger partial charge >= 0.3 is 12.2 Å². The SMILES string of the molecule is O=C(Nc1cc(C(F)(F)F)ccc1F)Nc1cccc2c1ccn2Cc1ccnc(Nc2ncccn2)c1. The smallest absolute Gasteiger partial charge is 0.343 e. The molecule has 3 heterocycles. The van der Waals surface area contributed by atoms with E-state index in [9.17, 15) is 22.4 Å². The van der Waals surface area contributed by atoms with Gasteiger partial charge < -0.3 is 20.5 Å². The second kappa shape index (κ2) is 10.2. The fourth-order valence-corrected chi connectivity index (χ4v) is 3.86. The molecule has 0 bridgehead atoms. The molecule has 2 amide bonds. The van der Waals surface area contributed by atoms with Gasteiger partial charge in [-0.25, -0.2) is 24.1 Å². The standard InChI is InChI=1S/C26H19F4N7O/c27-19-6-5-17(26(28,29)30)14-21(19)35-25(38)34-20-3-1-4-22-18(20)8-12-37(22)15-16-7-11-31-23(13-16)36-24-32-9-2-10-33-24/h1-14H,15H2,(H2,34,35,38)(H,31,32,33,36). The highest BCUT2D eigenvalue weighted by atomic mass is 19.4. The third kappa shape index (κ3) is 5.53. The fraction of sp³-hybridized carbons (Fsp3) is 0.0769. The monoisotopic (exact) mass is 521 g/mol. The Morgan fingerprint density at radius 3 is 2.45 bits per heavy atom. The van der Waals surface area contributed by atoms with Gasteiger partial charge in [0.25, 0.3) is 0 Å². The summed E-state index contributed by atoms with van der Waals surface area (Å²) in [6.45, 7) is 0.488. The Labute approximate surface area is 213 Å². The quantitative estimate of drug-likeness (QED) is 0.224. The van der Waals surface area contributed by atoms with E-state index >= 15 is 0 Å². The molecule has 3 N–H and O–H groups in total. The molecule has 0 aliphatic rings. The molecule has 12 heteroatoms. The predicted octanol–water partition coefficient (Wildman–Crippen LogP) is 6.42. The van der Waals surface area contributed by atoms with Crippen LogP contribution in [-0.4, -0.2) is 25.6 Å². The highest BCUT2D eigenvalue weighted by molar-refractivity contribution is 6.05. The first-order valence-electron chi connectivity index (χ1n) is 11.3. The Balaban J connectivity index is 1.32. The lowest BCUT2D eigenvalue weighted by molar-refractivity contribution is -0.137. The molecule has 5 rings (SSSR count). The summed E-state index contributed by atoms with van der Waals surface area (Å²) in [6.07, 6.45) is 2.07. The molecular formula is C26H19F4N7O.